The van der Waals surface area contributed by atoms with Crippen molar-refractivity contribution >= 4 is 33.1 Å². The van der Waals surface area contributed by atoms with Crippen molar-refractivity contribution in [2.75, 3.05) is 18.7 Å². The van der Waals surface area contributed by atoms with Crippen molar-refractivity contribution in [2.45, 2.75) is 0 Å². The van der Waals surface area contributed by atoms with E-state index in [0.717, 1.165) is 33.2 Å². The third kappa shape index (κ3) is 3.25. The van der Waals surface area contributed by atoms with Crippen LogP contribution in [0.1, 0.15) is 0 Å². The summed E-state index contributed by atoms with van der Waals surface area (Å²) in [5.41, 5.74) is 5.50. The first-order valence-corrected chi connectivity index (χ1v) is 11.1. The molecule has 5 nitrogen and oxygen atoms in total. The van der Waals surface area contributed by atoms with Crippen molar-refractivity contribution in [1.29, 1.82) is 0 Å². The monoisotopic (exact) mass is 437 g/mol. The third-order valence-electron chi connectivity index (χ3n) is 5.61. The van der Waals surface area contributed by atoms with Gasteiger partial charge in [-0.1, -0.05) is 48.5 Å². The Labute approximate surface area is 189 Å². The van der Waals surface area contributed by atoms with Crippen LogP contribution < -0.4 is 14.4 Å². The number of rotatable bonds is 4. The first-order valence-electron chi connectivity index (χ1n) is 10.3. The number of nitrogens with zero attached hydrogens (tertiary/aromatic N) is 3. The van der Waals surface area contributed by atoms with Crippen LogP contribution in [0.25, 0.3) is 31.8 Å². The van der Waals surface area contributed by atoms with Crippen LogP contribution in [0.3, 0.4) is 0 Å². The summed E-state index contributed by atoms with van der Waals surface area (Å²) in [5, 5.41) is 0. The van der Waals surface area contributed by atoms with Gasteiger partial charge in [-0.05, 0) is 41.0 Å². The zero-order chi connectivity index (χ0) is 21.5. The van der Waals surface area contributed by atoms with E-state index in [4.69, 9.17) is 9.47 Å². The fraction of sp³-hybridized carbons (Fsp3) is 0.0769. The lowest BCUT2D eigenvalue weighted by Gasteiger charge is -2.19. The molecule has 32 heavy (non-hydrogen) atoms. The normalized spacial score (nSPS) is 12.3. The van der Waals surface area contributed by atoms with Crippen molar-refractivity contribution in [3.8, 4) is 33.1 Å². The van der Waals surface area contributed by atoms with E-state index in [1.54, 1.807) is 17.7 Å². The Hall–Kier alpha value is -3.90. The van der Waals surface area contributed by atoms with E-state index in [1.165, 1.54) is 21.6 Å². The largest absolute Gasteiger partial charge is 0.454 e. The number of thiophene rings is 1. The van der Waals surface area contributed by atoms with Gasteiger partial charge in [0.2, 0.25) is 6.79 Å². The summed E-state index contributed by atoms with van der Waals surface area (Å²) in [6.07, 6.45) is 1.62. The molecule has 6 rings (SSSR count). The van der Waals surface area contributed by atoms with Crippen molar-refractivity contribution in [2.24, 2.45) is 0 Å². The van der Waals surface area contributed by atoms with Gasteiger partial charge >= 0.3 is 0 Å². The highest BCUT2D eigenvalue weighted by molar-refractivity contribution is 7.22. The highest BCUT2D eigenvalue weighted by atomic mass is 32.1. The number of fused-ring (bicyclic) bond motifs is 2. The molecule has 0 saturated carbocycles. The molecule has 1 aliphatic heterocycles. The molecule has 3 aromatic carbocycles. The Balaban J connectivity index is 1.40. The zero-order valence-electron chi connectivity index (χ0n) is 17.4. The lowest BCUT2D eigenvalue weighted by Crippen LogP contribution is -2.11. The van der Waals surface area contributed by atoms with Crippen molar-refractivity contribution < 1.29 is 9.47 Å². The molecule has 0 bridgehead atoms. The molecule has 0 aliphatic carbocycles. The Morgan fingerprint density at radius 2 is 1.59 bits per heavy atom. The number of hydrogen-bond acceptors (Lipinski definition) is 6. The molecule has 0 radical (unpaired) electrons. The molecule has 0 N–H and O–H groups in total. The van der Waals surface area contributed by atoms with Gasteiger partial charge in [0, 0.05) is 23.7 Å². The quantitative estimate of drug-likeness (QED) is 0.320. The summed E-state index contributed by atoms with van der Waals surface area (Å²) in [4.78, 5) is 12.4. The first kappa shape index (κ1) is 18.8. The zero-order valence-corrected chi connectivity index (χ0v) is 18.2. The predicted molar refractivity (Wildman–Crippen MR) is 129 cm³/mol. The molecule has 0 fully saturated rings. The summed E-state index contributed by atoms with van der Waals surface area (Å²) >= 11 is 1.71. The highest BCUT2D eigenvalue weighted by Gasteiger charge is 2.18. The third-order valence-corrected chi connectivity index (χ3v) is 6.78. The summed E-state index contributed by atoms with van der Waals surface area (Å²) in [6.45, 7) is 0.260. The van der Waals surface area contributed by atoms with E-state index in [9.17, 15) is 0 Å². The van der Waals surface area contributed by atoms with Gasteiger partial charge in [-0.25, -0.2) is 9.97 Å². The minimum atomic E-state index is 0.260. The van der Waals surface area contributed by atoms with Gasteiger partial charge in [0.25, 0.3) is 0 Å². The molecule has 6 heteroatoms. The average molecular weight is 438 g/mol. The van der Waals surface area contributed by atoms with E-state index in [0.29, 0.717) is 0 Å². The molecule has 0 amide bonds. The van der Waals surface area contributed by atoms with Crippen LogP contribution >= 0.6 is 11.3 Å². The second-order valence-corrected chi connectivity index (χ2v) is 8.62. The molecule has 2 aromatic heterocycles. The lowest BCUT2D eigenvalue weighted by molar-refractivity contribution is 0.174. The Morgan fingerprint density at radius 1 is 0.781 bits per heavy atom. The maximum atomic E-state index is 5.54. The van der Waals surface area contributed by atoms with Crippen LogP contribution in [-0.4, -0.2) is 23.8 Å². The van der Waals surface area contributed by atoms with E-state index in [1.807, 2.05) is 31.3 Å². The van der Waals surface area contributed by atoms with E-state index < -0.39 is 0 Å². The van der Waals surface area contributed by atoms with Gasteiger partial charge in [-0.3, -0.25) is 0 Å². The number of benzene rings is 3. The smallest absolute Gasteiger partial charge is 0.231 e. The number of hydrogen-bond donors (Lipinski definition) is 0. The van der Waals surface area contributed by atoms with Crippen molar-refractivity contribution in [3.05, 3.63) is 85.2 Å². The SMILES string of the molecule is CN(c1ccc2c(c1)OCO2)c1ncnc2cc(-c3cccc(-c4ccccc4)c3)sc12. The fourth-order valence-corrected chi connectivity index (χ4v) is 5.05. The molecular weight excluding hydrogens is 418 g/mol. The molecule has 0 saturated heterocycles. The number of ether oxygens (including phenoxy) is 2. The van der Waals surface area contributed by atoms with Gasteiger partial charge < -0.3 is 14.4 Å². The Morgan fingerprint density at radius 3 is 2.50 bits per heavy atom. The van der Waals surface area contributed by atoms with E-state index in [-0.39, 0.29) is 6.79 Å². The maximum absolute atomic E-state index is 5.54. The summed E-state index contributed by atoms with van der Waals surface area (Å²) in [5.74, 6) is 2.39. The molecule has 0 atom stereocenters. The van der Waals surface area contributed by atoms with Gasteiger partial charge in [-0.15, -0.1) is 11.3 Å². The fourth-order valence-electron chi connectivity index (χ4n) is 3.92. The Bertz CT molecular complexity index is 1430. The van der Waals surface area contributed by atoms with Crippen LogP contribution in [0, 0.1) is 0 Å². The van der Waals surface area contributed by atoms with Gasteiger partial charge in [0.05, 0.1) is 10.2 Å². The van der Waals surface area contributed by atoms with Crippen LogP contribution in [0.15, 0.2) is 85.2 Å². The minimum Gasteiger partial charge on any atom is -0.454 e. The molecule has 156 valence electrons. The van der Waals surface area contributed by atoms with Crippen LogP contribution in [-0.2, 0) is 0 Å². The number of aromatic nitrogens is 2. The number of anilines is 2. The first-order chi connectivity index (χ1) is 15.8. The second-order valence-electron chi connectivity index (χ2n) is 7.57. The Kier molecular flexibility index (Phi) is 4.51. The van der Waals surface area contributed by atoms with E-state index >= 15 is 0 Å². The molecular formula is C26H19N3O2S. The molecule has 0 spiro atoms. The summed E-state index contributed by atoms with van der Waals surface area (Å²) < 4.78 is 12.0. The van der Waals surface area contributed by atoms with Gasteiger partial charge in [0.1, 0.15) is 6.33 Å². The van der Waals surface area contributed by atoms with Crippen LogP contribution in [0.4, 0.5) is 11.5 Å². The topological polar surface area (TPSA) is 47.5 Å². The van der Waals surface area contributed by atoms with Crippen LogP contribution in [0.2, 0.25) is 0 Å². The average Bonchev–Trinajstić information content (AvgIpc) is 3.50. The predicted octanol–water partition coefficient (Wildman–Crippen LogP) is 6.52. The van der Waals surface area contributed by atoms with Crippen LogP contribution in [0.5, 0.6) is 11.5 Å². The minimum absolute atomic E-state index is 0.260. The summed E-state index contributed by atoms with van der Waals surface area (Å²) in [6, 6.07) is 27.1. The van der Waals surface area contributed by atoms with Gasteiger partial charge in [0.15, 0.2) is 17.3 Å². The standard InChI is InChI=1S/C26H19N3O2S/c1-29(20-10-11-22-23(13-20)31-16-30-22)26-25-21(27-15-28-26)14-24(32-25)19-9-5-8-18(12-19)17-6-3-2-4-7-17/h2-15H,16H2,1H3. The molecule has 3 heterocycles. The molecule has 1 aliphatic rings. The summed E-state index contributed by atoms with van der Waals surface area (Å²) in [7, 11) is 2.01. The molecule has 5 aromatic rings. The van der Waals surface area contributed by atoms with Crippen molar-refractivity contribution in [3.63, 3.8) is 0 Å². The van der Waals surface area contributed by atoms with E-state index in [2.05, 4.69) is 69.5 Å². The molecule has 0 unspecified atom stereocenters. The van der Waals surface area contributed by atoms with Gasteiger partial charge in [-0.2, -0.15) is 0 Å². The maximum Gasteiger partial charge on any atom is 0.231 e. The lowest BCUT2D eigenvalue weighted by atomic mass is 10.0. The van der Waals surface area contributed by atoms with Crippen molar-refractivity contribution in [1.82, 2.24) is 9.97 Å². The highest BCUT2D eigenvalue weighted by Crippen LogP contribution is 2.41. The second kappa shape index (κ2) is 7.66.